The van der Waals surface area contributed by atoms with Crippen molar-refractivity contribution in [3.05, 3.63) is 0 Å². The Morgan fingerprint density at radius 2 is 2.09 bits per heavy atom. The van der Waals surface area contributed by atoms with Gasteiger partial charge in [-0.3, -0.25) is 4.79 Å². The van der Waals surface area contributed by atoms with Gasteiger partial charge < -0.3 is 14.9 Å². The summed E-state index contributed by atoms with van der Waals surface area (Å²) in [6, 6.07) is 0. The van der Waals surface area contributed by atoms with Crippen molar-refractivity contribution in [2.75, 3.05) is 25.2 Å². The van der Waals surface area contributed by atoms with Gasteiger partial charge in [0.05, 0.1) is 19.0 Å². The minimum Gasteiger partial charge on any atom is -0.457 e. The summed E-state index contributed by atoms with van der Waals surface area (Å²) in [5, 5.41) is 17.0. The van der Waals surface area contributed by atoms with E-state index in [1.54, 1.807) is 6.26 Å². The van der Waals surface area contributed by atoms with E-state index in [9.17, 15) is 4.79 Å². The van der Waals surface area contributed by atoms with Crippen LogP contribution in [0.4, 0.5) is 0 Å². The zero-order valence-electron chi connectivity index (χ0n) is 6.32. The lowest BCUT2D eigenvalue weighted by atomic mass is 10.4. The predicted octanol–water partition coefficient (Wildman–Crippen LogP) is -0.754. The lowest BCUT2D eigenvalue weighted by Gasteiger charge is -2.11. The van der Waals surface area contributed by atoms with E-state index in [1.807, 2.05) is 0 Å². The van der Waals surface area contributed by atoms with Gasteiger partial charge in [0, 0.05) is 0 Å². The highest BCUT2D eigenvalue weighted by molar-refractivity contribution is 7.99. The van der Waals surface area contributed by atoms with Gasteiger partial charge in [0.2, 0.25) is 0 Å². The number of ether oxygens (including phenoxy) is 1. The molecule has 0 unspecified atom stereocenters. The average molecular weight is 180 g/mol. The topological polar surface area (TPSA) is 66.8 Å². The first kappa shape index (κ1) is 10.7. The Labute approximate surface area is 69.6 Å². The molecule has 0 aliphatic rings. The molecular weight excluding hydrogens is 168 g/mol. The van der Waals surface area contributed by atoms with Crippen LogP contribution in [0.3, 0.4) is 0 Å². The van der Waals surface area contributed by atoms with E-state index < -0.39 is 12.1 Å². The SMILES string of the molecule is CSCC(=O)OC(CO)CO. The fourth-order valence-corrected chi connectivity index (χ4v) is 0.774. The first-order valence-electron chi connectivity index (χ1n) is 3.14. The second kappa shape index (κ2) is 6.45. The van der Waals surface area contributed by atoms with Crippen LogP contribution in [0.2, 0.25) is 0 Å². The molecule has 4 nitrogen and oxygen atoms in total. The maximum absolute atomic E-state index is 10.7. The summed E-state index contributed by atoms with van der Waals surface area (Å²) in [4.78, 5) is 10.7. The molecule has 0 amide bonds. The molecule has 66 valence electrons. The van der Waals surface area contributed by atoms with Gasteiger partial charge in [0.25, 0.3) is 0 Å². The molecule has 11 heavy (non-hydrogen) atoms. The third-order valence-electron chi connectivity index (χ3n) is 0.968. The van der Waals surface area contributed by atoms with Gasteiger partial charge in [-0.1, -0.05) is 0 Å². The van der Waals surface area contributed by atoms with Gasteiger partial charge in [-0.25, -0.2) is 0 Å². The van der Waals surface area contributed by atoms with Crippen molar-refractivity contribution in [1.29, 1.82) is 0 Å². The number of carbonyl (C=O) groups excluding carboxylic acids is 1. The Bertz CT molecular complexity index is 113. The number of rotatable bonds is 5. The lowest BCUT2D eigenvalue weighted by Crippen LogP contribution is -2.26. The maximum atomic E-state index is 10.7. The molecule has 0 atom stereocenters. The van der Waals surface area contributed by atoms with Crippen molar-refractivity contribution in [1.82, 2.24) is 0 Å². The molecular formula is C6H12O4S. The largest absolute Gasteiger partial charge is 0.457 e. The number of hydrogen-bond acceptors (Lipinski definition) is 5. The van der Waals surface area contributed by atoms with E-state index in [2.05, 4.69) is 4.74 Å². The fourth-order valence-electron chi connectivity index (χ4n) is 0.470. The van der Waals surface area contributed by atoms with Crippen molar-refractivity contribution >= 4 is 17.7 Å². The van der Waals surface area contributed by atoms with Crippen molar-refractivity contribution in [2.45, 2.75) is 6.10 Å². The van der Waals surface area contributed by atoms with Crippen molar-refractivity contribution in [3.8, 4) is 0 Å². The third-order valence-corrected chi connectivity index (χ3v) is 1.49. The van der Waals surface area contributed by atoms with Crippen molar-refractivity contribution < 1.29 is 19.7 Å². The Hall–Kier alpha value is -0.260. The Kier molecular flexibility index (Phi) is 6.30. The first-order chi connectivity index (χ1) is 5.24. The molecule has 0 aromatic heterocycles. The predicted molar refractivity (Wildman–Crippen MR) is 42.4 cm³/mol. The summed E-state index contributed by atoms with van der Waals surface area (Å²) in [7, 11) is 0. The lowest BCUT2D eigenvalue weighted by molar-refractivity contribution is -0.150. The summed E-state index contributed by atoms with van der Waals surface area (Å²) < 4.78 is 4.63. The molecule has 0 aliphatic heterocycles. The molecule has 0 saturated carbocycles. The van der Waals surface area contributed by atoms with Crippen LogP contribution in [0.25, 0.3) is 0 Å². The van der Waals surface area contributed by atoms with E-state index in [0.717, 1.165) is 0 Å². The number of esters is 1. The molecule has 2 N–H and O–H groups in total. The summed E-state index contributed by atoms with van der Waals surface area (Å²) in [5.41, 5.74) is 0. The highest BCUT2D eigenvalue weighted by Gasteiger charge is 2.10. The van der Waals surface area contributed by atoms with Gasteiger partial charge in [-0.2, -0.15) is 11.8 Å². The molecule has 0 rings (SSSR count). The van der Waals surface area contributed by atoms with Crippen molar-refractivity contribution in [2.24, 2.45) is 0 Å². The van der Waals surface area contributed by atoms with Crippen LogP contribution in [0.15, 0.2) is 0 Å². The van der Waals surface area contributed by atoms with Crippen LogP contribution in [0, 0.1) is 0 Å². The summed E-state index contributed by atoms with van der Waals surface area (Å²) in [6.07, 6.45) is 1.00. The molecule has 0 bridgehead atoms. The van der Waals surface area contributed by atoms with E-state index in [1.165, 1.54) is 11.8 Å². The van der Waals surface area contributed by atoms with Gasteiger partial charge in [0.1, 0.15) is 6.10 Å². The van der Waals surface area contributed by atoms with Crippen LogP contribution < -0.4 is 0 Å². The molecule has 5 heteroatoms. The third kappa shape index (κ3) is 5.06. The zero-order chi connectivity index (χ0) is 8.69. The standard InChI is InChI=1S/C6H12O4S/c1-11-4-6(9)10-5(2-7)3-8/h5,7-8H,2-4H2,1H3. The van der Waals surface area contributed by atoms with Crippen LogP contribution in [0.1, 0.15) is 0 Å². The molecule has 0 aromatic rings. The number of aliphatic hydroxyl groups excluding tert-OH is 2. The summed E-state index contributed by atoms with van der Waals surface area (Å²) >= 11 is 1.33. The van der Waals surface area contributed by atoms with Crippen LogP contribution in [0.5, 0.6) is 0 Å². The minimum absolute atomic E-state index is 0.247. The van der Waals surface area contributed by atoms with Crippen LogP contribution in [-0.2, 0) is 9.53 Å². The van der Waals surface area contributed by atoms with Crippen LogP contribution in [-0.4, -0.2) is 47.5 Å². The molecule has 0 aromatic carbocycles. The van der Waals surface area contributed by atoms with E-state index in [0.29, 0.717) is 0 Å². The number of thioether (sulfide) groups is 1. The highest BCUT2D eigenvalue weighted by atomic mass is 32.2. The van der Waals surface area contributed by atoms with E-state index in [4.69, 9.17) is 10.2 Å². The zero-order valence-corrected chi connectivity index (χ0v) is 7.13. The first-order valence-corrected chi connectivity index (χ1v) is 4.54. The molecule has 0 spiro atoms. The number of hydrogen-bond donors (Lipinski definition) is 2. The molecule has 0 saturated heterocycles. The van der Waals surface area contributed by atoms with Gasteiger partial charge in [-0.05, 0) is 6.26 Å². The van der Waals surface area contributed by atoms with E-state index in [-0.39, 0.29) is 19.0 Å². The Morgan fingerprint density at radius 3 is 2.45 bits per heavy atom. The normalized spacial score (nSPS) is 10.2. The highest BCUT2D eigenvalue weighted by Crippen LogP contribution is 1.96. The minimum atomic E-state index is -0.769. The molecule has 0 fully saturated rings. The molecule has 0 heterocycles. The van der Waals surface area contributed by atoms with E-state index >= 15 is 0 Å². The monoisotopic (exact) mass is 180 g/mol. The van der Waals surface area contributed by atoms with Crippen LogP contribution >= 0.6 is 11.8 Å². The van der Waals surface area contributed by atoms with Gasteiger partial charge in [-0.15, -0.1) is 0 Å². The smallest absolute Gasteiger partial charge is 0.316 e. The second-order valence-corrected chi connectivity index (χ2v) is 2.78. The summed E-state index contributed by atoms with van der Waals surface area (Å²) in [6.45, 7) is -0.673. The summed E-state index contributed by atoms with van der Waals surface area (Å²) in [5.74, 6) is -0.165. The average Bonchev–Trinajstić information content (AvgIpc) is 2.01. The second-order valence-electron chi connectivity index (χ2n) is 1.91. The quantitative estimate of drug-likeness (QED) is 0.545. The van der Waals surface area contributed by atoms with Gasteiger partial charge in [0.15, 0.2) is 0 Å². The molecule has 0 aliphatic carbocycles. The fraction of sp³-hybridized carbons (Fsp3) is 0.833. The maximum Gasteiger partial charge on any atom is 0.316 e. The molecule has 0 radical (unpaired) electrons. The number of aliphatic hydroxyl groups is 2. The Morgan fingerprint density at radius 1 is 1.55 bits per heavy atom. The Balaban J connectivity index is 3.54. The number of carbonyl (C=O) groups is 1. The van der Waals surface area contributed by atoms with Gasteiger partial charge >= 0.3 is 5.97 Å². The van der Waals surface area contributed by atoms with Crippen molar-refractivity contribution in [3.63, 3.8) is 0 Å².